The molecule has 0 aromatic carbocycles. The van der Waals surface area contributed by atoms with Gasteiger partial charge in [0.1, 0.15) is 0 Å². The summed E-state index contributed by atoms with van der Waals surface area (Å²) >= 11 is 3.26. The molecule has 0 aromatic heterocycles. The number of amides is 1. The predicted molar refractivity (Wildman–Crippen MR) is 61.1 cm³/mol. The number of hydrogen-bond donors (Lipinski definition) is 1. The molecule has 1 amide bonds. The SMILES string of the molecule is CCOC(=O)N1CCC(C(O)CBr)CC1. The van der Waals surface area contributed by atoms with Crippen molar-refractivity contribution in [2.24, 2.45) is 5.92 Å². The van der Waals surface area contributed by atoms with Crippen molar-refractivity contribution in [3.8, 4) is 0 Å². The van der Waals surface area contributed by atoms with Gasteiger partial charge in [0.15, 0.2) is 0 Å². The fourth-order valence-corrected chi connectivity index (χ4v) is 2.34. The van der Waals surface area contributed by atoms with Gasteiger partial charge in [0.2, 0.25) is 0 Å². The average Bonchev–Trinajstić information content (AvgIpc) is 2.28. The maximum atomic E-state index is 11.4. The van der Waals surface area contributed by atoms with Crippen LogP contribution in [0.5, 0.6) is 0 Å². The molecule has 1 heterocycles. The van der Waals surface area contributed by atoms with Gasteiger partial charge in [-0.25, -0.2) is 4.79 Å². The Morgan fingerprint density at radius 2 is 2.20 bits per heavy atom. The van der Waals surface area contributed by atoms with Gasteiger partial charge < -0.3 is 14.7 Å². The summed E-state index contributed by atoms with van der Waals surface area (Å²) in [5, 5.41) is 10.2. The predicted octanol–water partition coefficient (Wildman–Crippen LogP) is 1.61. The van der Waals surface area contributed by atoms with Gasteiger partial charge in [-0.3, -0.25) is 0 Å². The number of carbonyl (C=O) groups is 1. The van der Waals surface area contributed by atoms with Crippen molar-refractivity contribution in [1.82, 2.24) is 4.90 Å². The van der Waals surface area contributed by atoms with E-state index in [2.05, 4.69) is 15.9 Å². The molecule has 0 spiro atoms. The fourth-order valence-electron chi connectivity index (χ4n) is 1.81. The van der Waals surface area contributed by atoms with E-state index in [0.717, 1.165) is 12.8 Å². The largest absolute Gasteiger partial charge is 0.450 e. The molecule has 1 unspecified atom stereocenters. The Kier molecular flexibility index (Phi) is 5.39. The average molecular weight is 280 g/mol. The smallest absolute Gasteiger partial charge is 0.409 e. The topological polar surface area (TPSA) is 49.8 Å². The third-order valence-electron chi connectivity index (χ3n) is 2.77. The molecule has 1 fully saturated rings. The molecule has 1 aliphatic heterocycles. The van der Waals surface area contributed by atoms with Crippen molar-refractivity contribution in [2.45, 2.75) is 25.9 Å². The molecule has 0 aliphatic carbocycles. The standard InChI is InChI=1S/C10H18BrNO3/c1-2-15-10(14)12-5-3-8(4-6-12)9(13)7-11/h8-9,13H,2-7H2,1H3. The second kappa shape index (κ2) is 6.33. The molecule has 1 aliphatic rings. The normalized spacial score (nSPS) is 20.1. The fraction of sp³-hybridized carbons (Fsp3) is 0.900. The van der Waals surface area contributed by atoms with Gasteiger partial charge in [0, 0.05) is 18.4 Å². The number of nitrogens with zero attached hydrogens (tertiary/aromatic N) is 1. The number of piperidine rings is 1. The number of alkyl halides is 1. The zero-order valence-corrected chi connectivity index (χ0v) is 10.6. The van der Waals surface area contributed by atoms with Crippen LogP contribution in [0.2, 0.25) is 0 Å². The molecule has 5 heteroatoms. The lowest BCUT2D eigenvalue weighted by molar-refractivity contribution is 0.0593. The molecule has 1 rings (SSSR count). The van der Waals surface area contributed by atoms with Crippen LogP contribution < -0.4 is 0 Å². The number of aliphatic hydroxyl groups excluding tert-OH is 1. The van der Waals surface area contributed by atoms with Gasteiger partial charge in [0.25, 0.3) is 0 Å². The third-order valence-corrected chi connectivity index (χ3v) is 3.43. The molecular weight excluding hydrogens is 262 g/mol. The van der Waals surface area contributed by atoms with Crippen LogP contribution >= 0.6 is 15.9 Å². The van der Waals surface area contributed by atoms with E-state index in [9.17, 15) is 9.90 Å². The number of rotatable bonds is 3. The van der Waals surface area contributed by atoms with Crippen LogP contribution in [0.4, 0.5) is 4.79 Å². The summed E-state index contributed by atoms with van der Waals surface area (Å²) in [6.07, 6.45) is 1.18. The maximum absolute atomic E-state index is 11.4. The van der Waals surface area contributed by atoms with E-state index < -0.39 is 0 Å². The molecule has 0 bridgehead atoms. The van der Waals surface area contributed by atoms with E-state index in [1.54, 1.807) is 11.8 Å². The molecule has 1 saturated heterocycles. The zero-order chi connectivity index (χ0) is 11.3. The van der Waals surface area contributed by atoms with E-state index in [1.807, 2.05) is 0 Å². The van der Waals surface area contributed by atoms with Gasteiger partial charge in [0.05, 0.1) is 12.7 Å². The molecular formula is C10H18BrNO3. The van der Waals surface area contributed by atoms with Crippen molar-refractivity contribution in [3.05, 3.63) is 0 Å². The molecule has 4 nitrogen and oxygen atoms in total. The van der Waals surface area contributed by atoms with Crippen LogP contribution in [0.15, 0.2) is 0 Å². The van der Waals surface area contributed by atoms with Crippen LogP contribution in [-0.2, 0) is 4.74 Å². The second-order valence-corrected chi connectivity index (χ2v) is 4.39. The summed E-state index contributed by atoms with van der Waals surface area (Å²) in [4.78, 5) is 13.1. The number of likely N-dealkylation sites (tertiary alicyclic amines) is 1. The van der Waals surface area contributed by atoms with Crippen molar-refractivity contribution >= 4 is 22.0 Å². The van der Waals surface area contributed by atoms with Gasteiger partial charge in [-0.1, -0.05) is 15.9 Å². The number of hydrogen-bond acceptors (Lipinski definition) is 3. The molecule has 0 saturated carbocycles. The molecule has 15 heavy (non-hydrogen) atoms. The monoisotopic (exact) mass is 279 g/mol. The van der Waals surface area contributed by atoms with E-state index in [4.69, 9.17) is 4.74 Å². The van der Waals surface area contributed by atoms with Crippen LogP contribution in [0.1, 0.15) is 19.8 Å². The molecule has 1 atom stereocenters. The summed E-state index contributed by atoms with van der Waals surface area (Å²) in [6, 6.07) is 0. The highest BCUT2D eigenvalue weighted by Crippen LogP contribution is 2.22. The summed E-state index contributed by atoms with van der Waals surface area (Å²) in [5.41, 5.74) is 0. The first kappa shape index (κ1) is 12.8. The van der Waals surface area contributed by atoms with Crippen molar-refractivity contribution in [1.29, 1.82) is 0 Å². The molecule has 1 N–H and O–H groups in total. The number of halogens is 1. The lowest BCUT2D eigenvalue weighted by Crippen LogP contribution is -2.41. The quantitative estimate of drug-likeness (QED) is 0.799. The minimum atomic E-state index is -0.297. The van der Waals surface area contributed by atoms with E-state index in [0.29, 0.717) is 30.9 Å². The highest BCUT2D eigenvalue weighted by atomic mass is 79.9. The Balaban J connectivity index is 2.32. The molecule has 0 radical (unpaired) electrons. The van der Waals surface area contributed by atoms with E-state index in [-0.39, 0.29) is 12.2 Å². The molecule has 0 aromatic rings. The minimum absolute atomic E-state index is 0.232. The summed E-state index contributed by atoms with van der Waals surface area (Å²) < 4.78 is 4.92. The van der Waals surface area contributed by atoms with Gasteiger partial charge in [-0.2, -0.15) is 0 Å². The van der Waals surface area contributed by atoms with Crippen LogP contribution in [0.3, 0.4) is 0 Å². The minimum Gasteiger partial charge on any atom is -0.450 e. The zero-order valence-electron chi connectivity index (χ0n) is 8.99. The maximum Gasteiger partial charge on any atom is 0.409 e. The van der Waals surface area contributed by atoms with E-state index >= 15 is 0 Å². The Bertz CT molecular complexity index is 205. The summed E-state index contributed by atoms with van der Waals surface area (Å²) in [7, 11) is 0. The van der Waals surface area contributed by atoms with Crippen molar-refractivity contribution < 1.29 is 14.6 Å². The third kappa shape index (κ3) is 3.65. The Hall–Kier alpha value is -0.290. The van der Waals surface area contributed by atoms with Crippen LogP contribution in [0.25, 0.3) is 0 Å². The first-order valence-electron chi connectivity index (χ1n) is 5.34. The number of aliphatic hydroxyl groups is 1. The van der Waals surface area contributed by atoms with E-state index in [1.165, 1.54) is 0 Å². The number of carbonyl (C=O) groups excluding carboxylic acids is 1. The highest BCUT2D eigenvalue weighted by Gasteiger charge is 2.27. The Morgan fingerprint density at radius 3 is 2.67 bits per heavy atom. The Labute approximate surface area is 98.7 Å². The summed E-state index contributed by atoms with van der Waals surface area (Å²) in [5.74, 6) is 0.301. The summed E-state index contributed by atoms with van der Waals surface area (Å²) in [6.45, 7) is 3.60. The van der Waals surface area contributed by atoms with Crippen LogP contribution in [-0.4, -0.2) is 47.2 Å². The lowest BCUT2D eigenvalue weighted by atomic mass is 9.92. The second-order valence-electron chi connectivity index (χ2n) is 3.75. The first-order valence-corrected chi connectivity index (χ1v) is 6.47. The van der Waals surface area contributed by atoms with Gasteiger partial charge in [-0.05, 0) is 25.7 Å². The Morgan fingerprint density at radius 1 is 1.60 bits per heavy atom. The number of ether oxygens (including phenoxy) is 1. The van der Waals surface area contributed by atoms with Crippen molar-refractivity contribution in [3.63, 3.8) is 0 Å². The molecule has 88 valence electrons. The van der Waals surface area contributed by atoms with Gasteiger partial charge >= 0.3 is 6.09 Å². The van der Waals surface area contributed by atoms with Crippen molar-refractivity contribution in [2.75, 3.05) is 25.0 Å². The first-order chi connectivity index (χ1) is 7.19. The van der Waals surface area contributed by atoms with Gasteiger partial charge in [-0.15, -0.1) is 0 Å². The lowest BCUT2D eigenvalue weighted by Gasteiger charge is -2.32. The van der Waals surface area contributed by atoms with Crippen LogP contribution in [0, 0.1) is 5.92 Å². The highest BCUT2D eigenvalue weighted by molar-refractivity contribution is 9.09.